The molecule has 135 heavy (non-hydrogen) atoms. The van der Waals surface area contributed by atoms with E-state index >= 15 is 0 Å². The monoisotopic (exact) mass is 1910 g/mol. The molecule has 10 heterocycles. The second kappa shape index (κ2) is 40.1. The number of piperazine rings is 4. The van der Waals surface area contributed by atoms with Crippen LogP contribution in [0.4, 0.5) is 22.7 Å². The number of nitro benzene ring substituents is 2. The van der Waals surface area contributed by atoms with Gasteiger partial charge in [0.15, 0.2) is 0 Å². The zero-order valence-electron chi connectivity index (χ0n) is 76.6. The number of H-pyrrole nitrogens is 2. The Hall–Kier alpha value is -12.0. The minimum Gasteiger partial charge on any atom is -0.493 e. The minimum absolute atomic E-state index is 0.0279. The van der Waals surface area contributed by atoms with E-state index in [1.165, 1.54) is 70.1 Å². The summed E-state index contributed by atoms with van der Waals surface area (Å²) in [5.41, 5.74) is 11.2. The number of sulfonamides is 2. The van der Waals surface area contributed by atoms with Gasteiger partial charge in [-0.25, -0.2) is 36.2 Å². The first kappa shape index (κ1) is 94.7. The van der Waals surface area contributed by atoms with Crippen LogP contribution >= 0.6 is 23.2 Å². The van der Waals surface area contributed by atoms with E-state index in [2.05, 4.69) is 111 Å². The zero-order valence-corrected chi connectivity index (χ0v) is 79.7. The molecular weight excluding hydrogens is 1800 g/mol. The summed E-state index contributed by atoms with van der Waals surface area (Å²) in [4.78, 5) is 107. The van der Waals surface area contributed by atoms with Gasteiger partial charge in [0.25, 0.3) is 43.2 Å². The van der Waals surface area contributed by atoms with E-state index in [0.29, 0.717) is 145 Å². The minimum atomic E-state index is -4.66. The molecule has 0 bridgehead atoms. The molecule has 36 heteroatoms. The molecule has 710 valence electrons. The maximum absolute atomic E-state index is 14.1. The van der Waals surface area contributed by atoms with Gasteiger partial charge in [-0.3, -0.25) is 59.0 Å². The number of aromatic nitrogens is 4. The summed E-state index contributed by atoms with van der Waals surface area (Å²) >= 11 is 12.5. The number of ether oxygens (including phenoxy) is 4. The number of carbonyl (C=O) groups is 4. The van der Waals surface area contributed by atoms with Gasteiger partial charge in [-0.15, -0.1) is 0 Å². The van der Waals surface area contributed by atoms with Gasteiger partial charge >= 0.3 is 0 Å². The molecule has 0 unspecified atom stereocenters. The molecule has 6 aromatic carbocycles. The van der Waals surface area contributed by atoms with E-state index in [1.807, 2.05) is 48.2 Å². The summed E-state index contributed by atoms with van der Waals surface area (Å²) in [6.45, 7) is 27.4. The Morgan fingerprint density at radius 2 is 0.904 bits per heavy atom. The van der Waals surface area contributed by atoms with E-state index in [0.717, 1.165) is 122 Å². The smallest absolute Gasteiger partial charge is 0.277 e. The molecule has 8 aliphatic rings. The van der Waals surface area contributed by atoms with Crippen molar-refractivity contribution in [2.75, 3.05) is 154 Å². The molecule has 4 fully saturated rings. The molecule has 4 saturated heterocycles. The first-order valence-corrected chi connectivity index (χ1v) is 49.8. The van der Waals surface area contributed by atoms with Crippen molar-refractivity contribution in [1.82, 2.24) is 58.8 Å². The van der Waals surface area contributed by atoms with Crippen LogP contribution in [0.3, 0.4) is 0 Å². The Labute approximate surface area is 794 Å². The summed E-state index contributed by atoms with van der Waals surface area (Å²) in [5, 5.41) is 27.9. The van der Waals surface area contributed by atoms with Crippen LogP contribution in [0.2, 0.25) is 10.0 Å². The van der Waals surface area contributed by atoms with Gasteiger partial charge in [0.1, 0.15) is 45.8 Å². The summed E-state index contributed by atoms with van der Waals surface area (Å²) in [5.74, 6) is -0.911. The zero-order chi connectivity index (χ0) is 94.8. The second-order valence-electron chi connectivity index (χ2n) is 38.0. The number of rotatable bonds is 25. The summed E-state index contributed by atoms with van der Waals surface area (Å²) in [7, 11) is -9.32. The van der Waals surface area contributed by atoms with E-state index in [9.17, 15) is 56.2 Å². The highest BCUT2D eigenvalue weighted by Crippen LogP contribution is 2.48. The fourth-order valence-corrected chi connectivity index (χ4v) is 21.9. The lowest BCUT2D eigenvalue weighted by atomic mass is 9.72. The topological polar surface area (TPSA) is 367 Å². The summed E-state index contributed by atoms with van der Waals surface area (Å²) in [6.07, 6.45) is 14.0. The highest BCUT2D eigenvalue weighted by Gasteiger charge is 2.39. The maximum atomic E-state index is 14.1. The lowest BCUT2D eigenvalue weighted by Crippen LogP contribution is -2.50. The van der Waals surface area contributed by atoms with Gasteiger partial charge in [-0.1, -0.05) is 93.2 Å². The molecule has 4 amide bonds. The predicted octanol–water partition coefficient (Wildman–Crippen LogP) is 15.5. The lowest BCUT2D eigenvalue weighted by Gasteiger charge is -2.39. The predicted molar refractivity (Wildman–Crippen MR) is 517 cm³/mol. The van der Waals surface area contributed by atoms with E-state index in [1.54, 1.807) is 60.6 Å². The third-order valence-electron chi connectivity index (χ3n) is 27.3. The Morgan fingerprint density at radius 3 is 1.29 bits per heavy atom. The van der Waals surface area contributed by atoms with Crippen LogP contribution < -0.4 is 38.2 Å². The second-order valence-corrected chi connectivity index (χ2v) is 42.2. The highest BCUT2D eigenvalue weighted by molar-refractivity contribution is 7.90. The quantitative estimate of drug-likeness (QED) is 0.0305. The molecule has 2 atom stereocenters. The van der Waals surface area contributed by atoms with Crippen LogP contribution in [0.5, 0.6) is 34.5 Å². The number of pyridine rings is 2. The molecule has 2 aliphatic carbocycles. The first-order valence-electron chi connectivity index (χ1n) is 46.1. The first-order chi connectivity index (χ1) is 64.7. The molecule has 6 aliphatic heterocycles. The van der Waals surface area contributed by atoms with Crippen molar-refractivity contribution >= 4 is 123 Å². The van der Waals surface area contributed by atoms with E-state index in [4.69, 9.17) is 42.1 Å². The molecule has 0 spiro atoms. The Balaban J connectivity index is 0.000000188. The van der Waals surface area contributed by atoms with Crippen LogP contribution in [-0.2, 0) is 42.5 Å². The number of nitrogens with one attached hydrogen (secondary N) is 4. The molecular formula is C99H112Cl2N16O16S2. The van der Waals surface area contributed by atoms with Gasteiger partial charge in [0.2, 0.25) is 11.8 Å². The number of nitro groups is 2. The van der Waals surface area contributed by atoms with Gasteiger partial charge < -0.3 is 48.5 Å². The number of nitrogens with zero attached hydrogens (tertiary/aromatic N) is 12. The molecule has 32 nitrogen and oxygen atoms in total. The SMILES string of the molecule is CC(=O)N1CCN(C[C@H]2COc3cc(S(=O)(=O)NC(=O)c4ccc(N5CCN(CC6=C(c7ccc(Cl)cc7)CC(C)(C)CC6)CC5)cc4Oc4cnc5[nH]ccc5c4)cc([N+](=O)[O-])c3C2)CC1.CCC(=O)N1CCN(C[C@H]2COc3cc(S(=O)(=O)NC(=O)c4ccc(N5CCN(CC6=C(c7ccc(Cl)cc7)CC(C)(C)CC6)CC5)cc4Oc4cnc5[nH]ccc5c4)cc([N+](=O)[O-])c3C2)CC1. The highest BCUT2D eigenvalue weighted by atomic mass is 35.5. The summed E-state index contributed by atoms with van der Waals surface area (Å²) < 4.78 is 85.0. The number of amides is 4. The van der Waals surface area contributed by atoms with Crippen LogP contribution in [0, 0.1) is 42.9 Å². The van der Waals surface area contributed by atoms with Crippen LogP contribution in [0.15, 0.2) is 179 Å². The standard InChI is InChI=1S/C50H57ClN8O8S.C49H55ClN8O8S/c1-4-47(60)58-21-17-55(18-22-58)30-33-23-42-44(59(62)63)26-40(27-45(42)66-32-33)68(64,65)54-49(61)41-10-9-38(25-46(41)67-39-24-35-12-14-52-48(35)53-29-39)57-19-15-56(16-20-57)31-36-11-13-50(2,3)28-43(36)34-5-7-37(51)8-6-34;1-32(59)56-18-14-54(15-19-56)29-33-22-42-44(58(61)62)25-40(26-45(42)65-31-33)67(63,64)53-48(60)41-9-8-38(24-46(41)66-39-23-35-11-13-51-47(35)52-28-39)57-20-16-55(17-21-57)30-36-10-12-49(2,3)27-43(36)34-4-6-37(50)7-5-34/h5-10,12,14,24-27,29,33H,4,11,13,15-23,28,30-32H2,1-3H3,(H,52,53)(H,54,61);4-9,11,13,23-26,28,33H,10,12,14-22,27,29-31H2,1-3H3,(H,51,52)(H,53,60)/t2*33-/m00/s1. The Bertz CT molecular complexity index is 6500. The number of hydrogen-bond acceptors (Lipinski definition) is 24. The van der Waals surface area contributed by atoms with Crippen molar-refractivity contribution in [3.63, 3.8) is 0 Å². The summed E-state index contributed by atoms with van der Waals surface area (Å²) in [6, 6.07) is 38.1. The van der Waals surface area contributed by atoms with Crippen molar-refractivity contribution in [1.29, 1.82) is 0 Å². The van der Waals surface area contributed by atoms with Crippen LogP contribution in [0.25, 0.3) is 33.2 Å². The van der Waals surface area contributed by atoms with Crippen molar-refractivity contribution in [2.45, 2.75) is 109 Å². The van der Waals surface area contributed by atoms with E-state index in [-0.39, 0.29) is 81.8 Å². The number of hydrogen-bond donors (Lipinski definition) is 4. The average Bonchev–Trinajstić information content (AvgIpc) is 1.13. The number of fused-ring (bicyclic) bond motifs is 4. The molecule has 0 saturated carbocycles. The molecule has 4 N–H and O–H groups in total. The normalized spacial score (nSPS) is 19.1. The fraction of sp³-hybridized carbons (Fsp3) is 0.414. The third kappa shape index (κ3) is 22.4. The van der Waals surface area contributed by atoms with Crippen molar-refractivity contribution < 1.29 is 64.8 Å². The number of allylic oxidation sites excluding steroid dienone is 2. The van der Waals surface area contributed by atoms with Gasteiger partial charge in [-0.05, 0) is 157 Å². The molecule has 18 rings (SSSR count). The number of anilines is 2. The Kier molecular flexibility index (Phi) is 28.1. The lowest BCUT2D eigenvalue weighted by molar-refractivity contribution is -0.386. The van der Waals surface area contributed by atoms with Gasteiger partial charge in [0.05, 0.1) is 67.5 Å². The largest absolute Gasteiger partial charge is 0.493 e. The fourth-order valence-electron chi connectivity index (χ4n) is 19.7. The van der Waals surface area contributed by atoms with Crippen LogP contribution in [0.1, 0.15) is 129 Å². The van der Waals surface area contributed by atoms with Crippen molar-refractivity contribution in [2.24, 2.45) is 22.7 Å². The molecule has 10 aromatic rings. The van der Waals surface area contributed by atoms with E-state index < -0.39 is 62.9 Å². The number of halogens is 2. The van der Waals surface area contributed by atoms with Crippen molar-refractivity contribution in [3.8, 4) is 34.5 Å². The van der Waals surface area contributed by atoms with Crippen molar-refractivity contribution in [3.05, 3.63) is 233 Å². The van der Waals surface area contributed by atoms with Gasteiger partial charge in [-0.2, -0.15) is 0 Å². The molecule has 4 aromatic heterocycles. The molecule has 0 radical (unpaired) electrons. The number of carbonyl (C=O) groups excluding carboxylic acids is 4. The number of aromatic amines is 2. The average molecular weight is 1920 g/mol. The van der Waals surface area contributed by atoms with Crippen LogP contribution in [-0.4, -0.2) is 244 Å². The number of benzene rings is 6. The van der Waals surface area contributed by atoms with Gasteiger partial charge in [0, 0.05) is 237 Å². The Morgan fingerprint density at radius 1 is 0.511 bits per heavy atom. The third-order valence-corrected chi connectivity index (χ3v) is 30.4. The maximum Gasteiger partial charge on any atom is 0.277 e.